The van der Waals surface area contributed by atoms with Crippen molar-refractivity contribution >= 4 is 45.1 Å². The van der Waals surface area contributed by atoms with Crippen LogP contribution >= 0.6 is 11.3 Å². The predicted octanol–water partition coefficient (Wildman–Crippen LogP) is 4.19. The molecule has 1 aromatic carbocycles. The number of aromatic amines is 1. The average molecular weight is 504 g/mol. The quantitative estimate of drug-likeness (QED) is 0.345. The first-order valence-corrected chi connectivity index (χ1v) is 12.8. The highest BCUT2D eigenvalue weighted by molar-refractivity contribution is 7.15. The molecule has 184 valence electrons. The molecule has 36 heavy (non-hydrogen) atoms. The first-order chi connectivity index (χ1) is 17.5. The summed E-state index contributed by atoms with van der Waals surface area (Å²) in [6.45, 7) is 3.37. The van der Waals surface area contributed by atoms with Gasteiger partial charge < -0.3 is 15.0 Å². The van der Waals surface area contributed by atoms with E-state index in [0.29, 0.717) is 40.2 Å². The number of ether oxygens (including phenoxy) is 1. The Morgan fingerprint density at radius 1 is 1.14 bits per heavy atom. The molecule has 1 aliphatic carbocycles. The Balaban J connectivity index is 1.15. The Kier molecular flexibility index (Phi) is 5.76. The van der Waals surface area contributed by atoms with E-state index < -0.39 is 0 Å². The SMILES string of the molecule is Cc1cnc(NC(=O)c2ccc(Oc3ccnc4[nH]nc(N[C@@H]5CCN(C(=O)C6CC6)C5)c34)cc2)s1. The van der Waals surface area contributed by atoms with Crippen LogP contribution in [-0.2, 0) is 4.79 Å². The topological polar surface area (TPSA) is 125 Å². The van der Waals surface area contributed by atoms with Crippen LogP contribution in [-0.4, -0.2) is 56.0 Å². The van der Waals surface area contributed by atoms with Crippen LogP contribution < -0.4 is 15.4 Å². The lowest BCUT2D eigenvalue weighted by Gasteiger charge is -2.17. The molecule has 3 aromatic heterocycles. The third-order valence-corrected chi connectivity index (χ3v) is 7.20. The third kappa shape index (κ3) is 4.61. The molecule has 3 N–H and O–H groups in total. The molecule has 0 spiro atoms. The van der Waals surface area contributed by atoms with Gasteiger partial charge >= 0.3 is 0 Å². The van der Waals surface area contributed by atoms with Crippen molar-refractivity contribution in [2.75, 3.05) is 23.7 Å². The summed E-state index contributed by atoms with van der Waals surface area (Å²) >= 11 is 1.43. The van der Waals surface area contributed by atoms with Crippen LogP contribution in [0, 0.1) is 12.8 Å². The number of benzene rings is 1. The largest absolute Gasteiger partial charge is 0.456 e. The van der Waals surface area contributed by atoms with Crippen molar-refractivity contribution in [2.24, 2.45) is 5.92 Å². The van der Waals surface area contributed by atoms with Crippen LogP contribution in [0.4, 0.5) is 10.9 Å². The number of carbonyl (C=O) groups is 2. The fourth-order valence-electron chi connectivity index (χ4n) is 4.36. The summed E-state index contributed by atoms with van der Waals surface area (Å²) in [5, 5.41) is 15.0. The monoisotopic (exact) mass is 503 g/mol. The van der Waals surface area contributed by atoms with Gasteiger partial charge in [-0.15, -0.1) is 11.3 Å². The Hall–Kier alpha value is -3.99. The maximum absolute atomic E-state index is 12.5. The first kappa shape index (κ1) is 22.5. The zero-order valence-electron chi connectivity index (χ0n) is 19.7. The minimum Gasteiger partial charge on any atom is -0.456 e. The number of aromatic nitrogens is 4. The Morgan fingerprint density at radius 3 is 2.72 bits per heavy atom. The van der Waals surface area contributed by atoms with E-state index in [-0.39, 0.29) is 23.8 Å². The highest BCUT2D eigenvalue weighted by Crippen LogP contribution is 2.35. The number of likely N-dealkylation sites (tertiary alicyclic amines) is 1. The molecule has 1 aliphatic heterocycles. The molecule has 10 nitrogen and oxygen atoms in total. The smallest absolute Gasteiger partial charge is 0.257 e. The lowest BCUT2D eigenvalue weighted by molar-refractivity contribution is -0.131. The normalized spacial score (nSPS) is 17.4. The van der Waals surface area contributed by atoms with E-state index >= 15 is 0 Å². The molecule has 2 fully saturated rings. The number of hydrogen-bond donors (Lipinski definition) is 3. The van der Waals surface area contributed by atoms with E-state index in [1.54, 1.807) is 42.7 Å². The lowest BCUT2D eigenvalue weighted by atomic mass is 10.2. The summed E-state index contributed by atoms with van der Waals surface area (Å²) in [6, 6.07) is 8.82. The molecule has 0 bridgehead atoms. The van der Waals surface area contributed by atoms with Crippen molar-refractivity contribution in [3.05, 3.63) is 53.2 Å². The van der Waals surface area contributed by atoms with Crippen molar-refractivity contribution in [3.63, 3.8) is 0 Å². The van der Waals surface area contributed by atoms with Crippen molar-refractivity contribution < 1.29 is 14.3 Å². The van der Waals surface area contributed by atoms with Crippen LogP contribution in [0.1, 0.15) is 34.5 Å². The van der Waals surface area contributed by atoms with E-state index in [1.807, 2.05) is 11.8 Å². The van der Waals surface area contributed by atoms with Crippen molar-refractivity contribution in [2.45, 2.75) is 32.2 Å². The molecule has 11 heteroatoms. The van der Waals surface area contributed by atoms with E-state index in [9.17, 15) is 9.59 Å². The number of hydrogen-bond acceptors (Lipinski definition) is 8. The summed E-state index contributed by atoms with van der Waals surface area (Å²) in [5.41, 5.74) is 1.11. The number of nitrogens with zero attached hydrogens (tertiary/aromatic N) is 4. The molecule has 6 rings (SSSR count). The van der Waals surface area contributed by atoms with E-state index in [2.05, 4.69) is 30.8 Å². The minimum absolute atomic E-state index is 0.117. The predicted molar refractivity (Wildman–Crippen MR) is 137 cm³/mol. The molecule has 1 atom stereocenters. The van der Waals surface area contributed by atoms with Gasteiger partial charge in [0.1, 0.15) is 16.9 Å². The summed E-state index contributed by atoms with van der Waals surface area (Å²) in [7, 11) is 0. The summed E-state index contributed by atoms with van der Waals surface area (Å²) in [5.74, 6) is 2.10. The fourth-order valence-corrected chi connectivity index (χ4v) is 5.01. The van der Waals surface area contributed by atoms with Crippen LogP contribution in [0.15, 0.2) is 42.7 Å². The van der Waals surface area contributed by atoms with Crippen LogP contribution in [0.25, 0.3) is 11.0 Å². The second kappa shape index (κ2) is 9.23. The van der Waals surface area contributed by atoms with Crippen molar-refractivity contribution in [1.29, 1.82) is 0 Å². The van der Waals surface area contributed by atoms with Gasteiger partial charge in [-0.05, 0) is 50.5 Å². The molecule has 0 unspecified atom stereocenters. The van der Waals surface area contributed by atoms with E-state index in [0.717, 1.165) is 36.1 Å². The Morgan fingerprint density at radius 2 is 1.97 bits per heavy atom. The van der Waals surface area contributed by atoms with E-state index in [4.69, 9.17) is 4.74 Å². The molecular formula is C25H25N7O3S. The summed E-state index contributed by atoms with van der Waals surface area (Å²) in [6.07, 6.45) is 6.28. The van der Waals surface area contributed by atoms with Gasteiger partial charge in [0.05, 0.1) is 0 Å². The molecule has 4 heterocycles. The van der Waals surface area contributed by atoms with Gasteiger partial charge in [0.2, 0.25) is 5.91 Å². The molecule has 2 aliphatic rings. The number of anilines is 2. The fraction of sp³-hybridized carbons (Fsp3) is 0.320. The van der Waals surface area contributed by atoms with Gasteiger partial charge in [-0.1, -0.05) is 0 Å². The Labute approximate surface area is 211 Å². The second-order valence-corrected chi connectivity index (χ2v) is 10.4. The van der Waals surface area contributed by atoms with Gasteiger partial charge in [-0.25, -0.2) is 9.97 Å². The number of H-pyrrole nitrogens is 1. The van der Waals surface area contributed by atoms with Gasteiger partial charge in [-0.3, -0.25) is 20.0 Å². The maximum Gasteiger partial charge on any atom is 0.257 e. The Bertz CT molecular complexity index is 1430. The molecule has 1 saturated heterocycles. The van der Waals surface area contributed by atoms with Crippen LogP contribution in [0.2, 0.25) is 0 Å². The molecular weight excluding hydrogens is 478 g/mol. The van der Waals surface area contributed by atoms with Crippen molar-refractivity contribution in [3.8, 4) is 11.5 Å². The molecule has 4 aromatic rings. The van der Waals surface area contributed by atoms with Crippen LogP contribution in [0.3, 0.4) is 0 Å². The number of amides is 2. The van der Waals surface area contributed by atoms with Crippen LogP contribution in [0.5, 0.6) is 11.5 Å². The summed E-state index contributed by atoms with van der Waals surface area (Å²) in [4.78, 5) is 36.4. The van der Waals surface area contributed by atoms with Gasteiger partial charge in [-0.2, -0.15) is 5.10 Å². The number of pyridine rings is 1. The van der Waals surface area contributed by atoms with E-state index in [1.165, 1.54) is 11.3 Å². The van der Waals surface area contributed by atoms with Gasteiger partial charge in [0.15, 0.2) is 16.6 Å². The zero-order chi connectivity index (χ0) is 24.6. The third-order valence-electron chi connectivity index (χ3n) is 6.38. The second-order valence-electron chi connectivity index (χ2n) is 9.15. The zero-order valence-corrected chi connectivity index (χ0v) is 20.5. The number of nitrogens with one attached hydrogen (secondary N) is 3. The number of fused-ring (bicyclic) bond motifs is 1. The number of rotatable bonds is 7. The highest BCUT2D eigenvalue weighted by atomic mass is 32.1. The number of carbonyl (C=O) groups excluding carboxylic acids is 2. The number of aryl methyl sites for hydroxylation is 1. The summed E-state index contributed by atoms with van der Waals surface area (Å²) < 4.78 is 6.16. The number of thiazole rings is 1. The molecule has 1 saturated carbocycles. The first-order valence-electron chi connectivity index (χ1n) is 11.9. The molecule has 2 amide bonds. The molecule has 0 radical (unpaired) electrons. The minimum atomic E-state index is -0.228. The average Bonchev–Trinajstić information content (AvgIpc) is 3.27. The standard InChI is InChI=1S/C25H25N7O3S/c1-14-12-27-25(36-14)29-23(33)15-4-6-18(7-5-15)35-19-8-10-26-21-20(19)22(31-30-21)28-17-9-11-32(13-17)24(34)16-2-3-16/h4-8,10,12,16-17H,2-3,9,11,13H2,1H3,(H,27,29,33)(H2,26,28,30,31)/t17-/m1/s1. The van der Waals surface area contributed by atoms with Crippen molar-refractivity contribution in [1.82, 2.24) is 25.1 Å². The highest BCUT2D eigenvalue weighted by Gasteiger charge is 2.36. The lowest BCUT2D eigenvalue weighted by Crippen LogP contribution is -2.32. The van der Waals surface area contributed by atoms with Gasteiger partial charge in [0.25, 0.3) is 5.91 Å². The maximum atomic E-state index is 12.5. The van der Waals surface area contributed by atoms with Gasteiger partial charge in [0, 0.05) is 53.9 Å².